The third kappa shape index (κ3) is 4.53. The Labute approximate surface area is 199 Å². The molecule has 1 amide bonds. The number of pyridine rings is 1. The van der Waals surface area contributed by atoms with Gasteiger partial charge < -0.3 is 9.80 Å². The molecule has 2 saturated heterocycles. The van der Waals surface area contributed by atoms with Crippen molar-refractivity contribution >= 4 is 46.1 Å². The van der Waals surface area contributed by atoms with Crippen LogP contribution in [0, 0.1) is 18.3 Å². The van der Waals surface area contributed by atoms with Crippen LogP contribution in [0.3, 0.4) is 0 Å². The smallest absolute Gasteiger partial charge is 0.270 e. The molecule has 0 unspecified atom stereocenters. The first-order valence-electron chi connectivity index (χ1n) is 10.9. The lowest BCUT2D eigenvalue weighted by molar-refractivity contribution is -0.121. The molecule has 2 aliphatic heterocycles. The monoisotopic (exact) mass is 471 g/mol. The van der Waals surface area contributed by atoms with Crippen molar-refractivity contribution in [2.45, 2.75) is 33.7 Å². The van der Waals surface area contributed by atoms with Crippen LogP contribution in [0.5, 0.6) is 0 Å². The van der Waals surface area contributed by atoms with Gasteiger partial charge in [-0.15, -0.1) is 6.58 Å². The van der Waals surface area contributed by atoms with E-state index in [0.717, 1.165) is 50.5 Å². The van der Waals surface area contributed by atoms with Crippen LogP contribution in [-0.2, 0) is 11.3 Å². The Morgan fingerprint density at radius 3 is 2.47 bits per heavy atom. The van der Waals surface area contributed by atoms with E-state index in [-0.39, 0.29) is 17.0 Å². The zero-order valence-corrected chi connectivity index (χ0v) is 20.5. The number of anilines is 1. The molecular formula is C23H29N5O2S2. The number of nitriles is 1. The fraction of sp³-hybridized carbons (Fsp3) is 0.478. The highest BCUT2D eigenvalue weighted by molar-refractivity contribution is 8.26. The molecule has 0 N–H and O–H groups in total. The van der Waals surface area contributed by atoms with Crippen molar-refractivity contribution in [1.29, 1.82) is 5.26 Å². The topological polar surface area (TPSA) is 72.6 Å². The van der Waals surface area contributed by atoms with Gasteiger partial charge in [0.25, 0.3) is 11.5 Å². The maximum Gasteiger partial charge on any atom is 0.270 e. The van der Waals surface area contributed by atoms with Crippen LogP contribution in [0.4, 0.5) is 5.82 Å². The highest BCUT2D eigenvalue weighted by Gasteiger charge is 2.33. The van der Waals surface area contributed by atoms with E-state index in [4.69, 9.17) is 12.2 Å². The lowest BCUT2D eigenvalue weighted by atomic mass is 10.0. The number of thiocarbonyl (C=S) groups is 1. The van der Waals surface area contributed by atoms with E-state index >= 15 is 0 Å². The van der Waals surface area contributed by atoms with E-state index in [1.165, 1.54) is 16.7 Å². The molecule has 7 nitrogen and oxygen atoms in total. The molecule has 0 atom stereocenters. The van der Waals surface area contributed by atoms with Crippen molar-refractivity contribution in [2.24, 2.45) is 0 Å². The first kappa shape index (κ1) is 24.2. The average Bonchev–Trinajstić information content (AvgIpc) is 3.05. The molecule has 2 aliphatic rings. The summed E-state index contributed by atoms with van der Waals surface area (Å²) in [6, 6.07) is 2.09. The van der Waals surface area contributed by atoms with E-state index in [1.54, 1.807) is 17.6 Å². The van der Waals surface area contributed by atoms with Gasteiger partial charge in [0, 0.05) is 44.8 Å². The maximum absolute atomic E-state index is 13.2. The van der Waals surface area contributed by atoms with Gasteiger partial charge in [0.1, 0.15) is 21.8 Å². The SMILES string of the molecule is C=CCN1C(=O)/C(=C/c2c(C)c(C#N)c(=O)n(CCC)c2N2CCN(CC)CC2)SC1=S. The Morgan fingerprint density at radius 2 is 1.91 bits per heavy atom. The first-order chi connectivity index (χ1) is 15.4. The molecule has 32 heavy (non-hydrogen) atoms. The normalized spacial score (nSPS) is 18.5. The number of likely N-dealkylation sites (N-methyl/N-ethyl adjacent to an activating group) is 1. The molecule has 1 aromatic heterocycles. The summed E-state index contributed by atoms with van der Waals surface area (Å²) in [4.78, 5) is 32.8. The van der Waals surface area contributed by atoms with Gasteiger partial charge >= 0.3 is 0 Å². The van der Waals surface area contributed by atoms with Gasteiger partial charge in [0.05, 0.1) is 4.91 Å². The van der Waals surface area contributed by atoms with Crippen LogP contribution in [-0.4, -0.2) is 63.9 Å². The van der Waals surface area contributed by atoms with Crippen molar-refractivity contribution in [3.8, 4) is 6.07 Å². The molecular weight excluding hydrogens is 442 g/mol. The van der Waals surface area contributed by atoms with Gasteiger partial charge in [0.15, 0.2) is 0 Å². The predicted molar refractivity (Wildman–Crippen MR) is 135 cm³/mol. The predicted octanol–water partition coefficient (Wildman–Crippen LogP) is 2.97. The second-order valence-corrected chi connectivity index (χ2v) is 9.48. The van der Waals surface area contributed by atoms with Crippen molar-refractivity contribution < 1.29 is 4.79 Å². The minimum atomic E-state index is -0.267. The second-order valence-electron chi connectivity index (χ2n) is 7.81. The number of amides is 1. The van der Waals surface area contributed by atoms with E-state index in [2.05, 4.69) is 29.4 Å². The molecule has 170 valence electrons. The van der Waals surface area contributed by atoms with E-state index in [9.17, 15) is 14.9 Å². The summed E-state index contributed by atoms with van der Waals surface area (Å²) in [6.07, 6.45) is 4.22. The molecule has 0 spiro atoms. The number of hydrogen-bond donors (Lipinski definition) is 0. The van der Waals surface area contributed by atoms with Gasteiger partial charge in [-0.1, -0.05) is 43.9 Å². The number of piperazine rings is 1. The van der Waals surface area contributed by atoms with Crippen molar-refractivity contribution in [3.63, 3.8) is 0 Å². The molecule has 0 bridgehead atoms. The van der Waals surface area contributed by atoms with Gasteiger partial charge in [-0.05, 0) is 31.5 Å². The Balaban J connectivity index is 2.20. The lowest BCUT2D eigenvalue weighted by Crippen LogP contribution is -2.48. The number of aromatic nitrogens is 1. The van der Waals surface area contributed by atoms with Crippen LogP contribution in [0.1, 0.15) is 37.0 Å². The number of rotatable bonds is 7. The summed E-state index contributed by atoms with van der Waals surface area (Å²) in [5, 5.41) is 9.73. The van der Waals surface area contributed by atoms with Gasteiger partial charge in [-0.2, -0.15) is 5.26 Å². The average molecular weight is 472 g/mol. The molecule has 2 fully saturated rings. The maximum atomic E-state index is 13.2. The summed E-state index contributed by atoms with van der Waals surface area (Å²) < 4.78 is 2.20. The van der Waals surface area contributed by atoms with E-state index in [1.807, 2.05) is 13.0 Å². The van der Waals surface area contributed by atoms with Gasteiger partial charge in [-0.3, -0.25) is 19.1 Å². The fourth-order valence-electron chi connectivity index (χ4n) is 4.11. The minimum Gasteiger partial charge on any atom is -0.355 e. The molecule has 0 saturated carbocycles. The van der Waals surface area contributed by atoms with E-state index < -0.39 is 0 Å². The highest BCUT2D eigenvalue weighted by Crippen LogP contribution is 2.36. The van der Waals surface area contributed by atoms with Crippen LogP contribution >= 0.6 is 24.0 Å². The van der Waals surface area contributed by atoms with Gasteiger partial charge in [0.2, 0.25) is 0 Å². The summed E-state index contributed by atoms with van der Waals surface area (Å²) in [5.74, 6) is 0.617. The van der Waals surface area contributed by atoms with Crippen LogP contribution in [0.25, 0.3) is 6.08 Å². The van der Waals surface area contributed by atoms with Crippen molar-refractivity contribution in [1.82, 2.24) is 14.4 Å². The van der Waals surface area contributed by atoms with Gasteiger partial charge in [-0.25, -0.2) is 0 Å². The second kappa shape index (κ2) is 10.5. The third-order valence-corrected chi connectivity index (χ3v) is 7.25. The summed E-state index contributed by atoms with van der Waals surface area (Å²) in [5.41, 5.74) is 1.21. The Hall–Kier alpha value is -2.41. The summed E-state index contributed by atoms with van der Waals surface area (Å²) >= 11 is 6.63. The molecule has 1 aromatic rings. The first-order valence-corrected chi connectivity index (χ1v) is 12.1. The molecule has 0 aliphatic carbocycles. The molecule has 3 rings (SSSR count). The highest BCUT2D eigenvalue weighted by atomic mass is 32.2. The number of nitrogens with zero attached hydrogens (tertiary/aromatic N) is 5. The zero-order valence-electron chi connectivity index (χ0n) is 18.9. The Kier molecular flexibility index (Phi) is 7.93. The molecule has 9 heteroatoms. The van der Waals surface area contributed by atoms with Crippen molar-refractivity contribution in [2.75, 3.05) is 44.2 Å². The minimum absolute atomic E-state index is 0.127. The number of hydrogen-bond acceptors (Lipinski definition) is 7. The summed E-state index contributed by atoms with van der Waals surface area (Å²) in [7, 11) is 0. The molecule has 3 heterocycles. The van der Waals surface area contributed by atoms with Crippen LogP contribution < -0.4 is 10.5 Å². The van der Waals surface area contributed by atoms with Crippen LogP contribution in [0.2, 0.25) is 0 Å². The number of carbonyl (C=O) groups excluding carboxylic acids is 1. The Morgan fingerprint density at radius 1 is 1.22 bits per heavy atom. The fourth-order valence-corrected chi connectivity index (χ4v) is 5.37. The van der Waals surface area contributed by atoms with E-state index in [0.29, 0.717) is 27.9 Å². The standard InChI is InChI=1S/C23H29N5O2S2/c1-5-8-27-20(26-12-10-25(7-3)11-13-26)17(16(4)18(15-24)21(27)29)14-19-22(30)28(9-6-2)23(31)32-19/h6,14H,2,5,7-13H2,1,3-4H3/b19-14-. The molecule has 0 radical (unpaired) electrons. The summed E-state index contributed by atoms with van der Waals surface area (Å²) in [6.45, 7) is 14.9. The lowest BCUT2D eigenvalue weighted by Gasteiger charge is -2.37. The number of thioether (sulfide) groups is 1. The van der Waals surface area contributed by atoms with Crippen LogP contribution in [0.15, 0.2) is 22.4 Å². The quantitative estimate of drug-likeness (QED) is 0.344. The zero-order chi connectivity index (χ0) is 23.4. The molecule has 0 aromatic carbocycles. The largest absolute Gasteiger partial charge is 0.355 e. The third-order valence-electron chi connectivity index (χ3n) is 5.87. The number of carbonyl (C=O) groups is 1. The Bertz CT molecular complexity index is 1060. The van der Waals surface area contributed by atoms with Crippen molar-refractivity contribution in [3.05, 3.63) is 44.6 Å².